The Morgan fingerprint density at radius 1 is 1.17 bits per heavy atom. The first-order chi connectivity index (χ1) is 11.0. The average Bonchev–Trinajstić information content (AvgIpc) is 2.54. The van der Waals surface area contributed by atoms with E-state index in [4.69, 9.17) is 21.1 Å². The summed E-state index contributed by atoms with van der Waals surface area (Å²) < 4.78 is 10.3. The van der Waals surface area contributed by atoms with Crippen LogP contribution in [0.5, 0.6) is 11.5 Å². The molecule has 9 nitrogen and oxygen atoms in total. The van der Waals surface area contributed by atoms with Gasteiger partial charge in [0.25, 0.3) is 0 Å². The van der Waals surface area contributed by atoms with Gasteiger partial charge in [-0.05, 0) is 6.07 Å². The molecule has 0 atom stereocenters. The van der Waals surface area contributed by atoms with E-state index in [0.29, 0.717) is 22.2 Å². The molecule has 0 aliphatic carbocycles. The molecule has 1 aromatic carbocycles. The number of methoxy groups -OCH3 is 2. The molecule has 0 radical (unpaired) electrons. The van der Waals surface area contributed by atoms with Gasteiger partial charge in [0.15, 0.2) is 0 Å². The Labute approximate surface area is 136 Å². The van der Waals surface area contributed by atoms with E-state index in [2.05, 4.69) is 20.6 Å². The second kappa shape index (κ2) is 6.97. The van der Waals surface area contributed by atoms with E-state index in [1.807, 2.05) is 0 Å². The molecule has 0 aliphatic rings. The predicted octanol–water partition coefficient (Wildman–Crippen LogP) is 2.84. The van der Waals surface area contributed by atoms with Crippen LogP contribution in [0.25, 0.3) is 0 Å². The zero-order chi connectivity index (χ0) is 17.0. The van der Waals surface area contributed by atoms with Crippen molar-refractivity contribution in [1.82, 2.24) is 9.97 Å². The van der Waals surface area contributed by atoms with E-state index in [0.717, 1.165) is 0 Å². The zero-order valence-corrected chi connectivity index (χ0v) is 13.3. The molecular formula is C13H14ClN5O4. The summed E-state index contributed by atoms with van der Waals surface area (Å²) in [7, 11) is 4.47. The number of nitrogens with zero attached hydrogens (tertiary/aromatic N) is 3. The van der Waals surface area contributed by atoms with Gasteiger partial charge in [-0.25, -0.2) is 9.97 Å². The maximum absolute atomic E-state index is 11.3. The third kappa shape index (κ3) is 3.34. The van der Waals surface area contributed by atoms with Crippen LogP contribution in [0.1, 0.15) is 0 Å². The van der Waals surface area contributed by atoms with Gasteiger partial charge in [0, 0.05) is 13.1 Å². The highest BCUT2D eigenvalue weighted by Gasteiger charge is 2.23. The maximum Gasteiger partial charge on any atom is 0.353 e. The molecule has 2 rings (SSSR count). The van der Waals surface area contributed by atoms with Crippen LogP contribution < -0.4 is 20.1 Å². The number of hydrogen-bond acceptors (Lipinski definition) is 8. The van der Waals surface area contributed by atoms with Crippen molar-refractivity contribution in [2.45, 2.75) is 0 Å². The number of benzene rings is 1. The number of hydrogen-bond donors (Lipinski definition) is 2. The maximum atomic E-state index is 11.3. The highest BCUT2D eigenvalue weighted by atomic mass is 35.5. The van der Waals surface area contributed by atoms with Crippen LogP contribution in [0.3, 0.4) is 0 Å². The monoisotopic (exact) mass is 339 g/mol. The highest BCUT2D eigenvalue weighted by molar-refractivity contribution is 6.32. The molecule has 0 saturated carbocycles. The van der Waals surface area contributed by atoms with Gasteiger partial charge in [0.2, 0.25) is 11.6 Å². The summed E-state index contributed by atoms with van der Waals surface area (Å²) in [4.78, 5) is 18.4. The van der Waals surface area contributed by atoms with E-state index in [1.165, 1.54) is 33.7 Å². The van der Waals surface area contributed by atoms with Crippen molar-refractivity contribution in [2.75, 3.05) is 31.9 Å². The number of nitro groups is 1. The fourth-order valence-electron chi connectivity index (χ4n) is 1.91. The standard InChI is InChI=1S/C13H14ClN5O4/c1-15-12-11(19(20)21)13(17-6-16-12)18-8-4-7(14)9(22-2)5-10(8)23-3/h4-6H,1-3H3,(H2,15,16,17,18). The summed E-state index contributed by atoms with van der Waals surface area (Å²) in [6.07, 6.45) is 1.21. The van der Waals surface area contributed by atoms with Crippen molar-refractivity contribution in [2.24, 2.45) is 0 Å². The first-order valence-electron chi connectivity index (χ1n) is 6.37. The Hall–Kier alpha value is -2.81. The van der Waals surface area contributed by atoms with E-state index in [1.54, 1.807) is 6.07 Å². The zero-order valence-electron chi connectivity index (χ0n) is 12.6. The van der Waals surface area contributed by atoms with Gasteiger partial charge in [-0.1, -0.05) is 11.6 Å². The van der Waals surface area contributed by atoms with Gasteiger partial charge in [0.05, 0.1) is 29.9 Å². The van der Waals surface area contributed by atoms with Crippen LogP contribution in [0.2, 0.25) is 5.02 Å². The Balaban J connectivity index is 2.51. The van der Waals surface area contributed by atoms with Crippen LogP contribution >= 0.6 is 11.6 Å². The summed E-state index contributed by atoms with van der Waals surface area (Å²) in [5.74, 6) is 0.910. The molecule has 0 bridgehead atoms. The molecule has 0 aliphatic heterocycles. The van der Waals surface area contributed by atoms with Gasteiger partial charge in [0.1, 0.15) is 17.8 Å². The summed E-state index contributed by atoms with van der Waals surface area (Å²) in [6.45, 7) is 0. The molecule has 2 aromatic rings. The second-order valence-corrected chi connectivity index (χ2v) is 4.65. The molecule has 0 spiro atoms. The number of rotatable bonds is 6. The smallest absolute Gasteiger partial charge is 0.353 e. The van der Waals surface area contributed by atoms with Crippen molar-refractivity contribution >= 4 is 34.6 Å². The number of ether oxygens (including phenoxy) is 2. The van der Waals surface area contributed by atoms with Crippen molar-refractivity contribution in [3.8, 4) is 11.5 Å². The fourth-order valence-corrected chi connectivity index (χ4v) is 2.15. The summed E-state index contributed by atoms with van der Waals surface area (Å²) in [6, 6.07) is 3.10. The molecule has 0 saturated heterocycles. The van der Waals surface area contributed by atoms with Crippen LogP contribution in [0.4, 0.5) is 23.0 Å². The van der Waals surface area contributed by atoms with E-state index >= 15 is 0 Å². The lowest BCUT2D eigenvalue weighted by Gasteiger charge is -2.14. The van der Waals surface area contributed by atoms with Gasteiger partial charge in [-0.15, -0.1) is 0 Å². The fraction of sp³-hybridized carbons (Fsp3) is 0.231. The molecule has 122 valence electrons. The molecule has 0 amide bonds. The number of aromatic nitrogens is 2. The first kappa shape index (κ1) is 16.6. The SMILES string of the molecule is CNc1ncnc(Nc2cc(Cl)c(OC)cc2OC)c1[N+](=O)[O-]. The van der Waals surface area contributed by atoms with Crippen molar-refractivity contribution in [3.05, 3.63) is 33.6 Å². The van der Waals surface area contributed by atoms with Crippen LogP contribution in [-0.4, -0.2) is 36.2 Å². The van der Waals surface area contributed by atoms with E-state index < -0.39 is 4.92 Å². The lowest BCUT2D eigenvalue weighted by Crippen LogP contribution is -2.06. The molecule has 1 aromatic heterocycles. The van der Waals surface area contributed by atoms with Crippen LogP contribution in [-0.2, 0) is 0 Å². The minimum Gasteiger partial charge on any atom is -0.495 e. The Morgan fingerprint density at radius 3 is 2.39 bits per heavy atom. The van der Waals surface area contributed by atoms with E-state index in [9.17, 15) is 10.1 Å². The summed E-state index contributed by atoms with van der Waals surface area (Å²) in [5, 5.41) is 17.1. The highest BCUT2D eigenvalue weighted by Crippen LogP contribution is 2.39. The second-order valence-electron chi connectivity index (χ2n) is 4.24. The lowest BCUT2D eigenvalue weighted by atomic mass is 10.2. The Bertz CT molecular complexity index is 741. The van der Waals surface area contributed by atoms with Crippen LogP contribution in [0.15, 0.2) is 18.5 Å². The quantitative estimate of drug-likeness (QED) is 0.610. The topological polar surface area (TPSA) is 111 Å². The van der Waals surface area contributed by atoms with Crippen molar-refractivity contribution in [1.29, 1.82) is 0 Å². The number of nitrogens with one attached hydrogen (secondary N) is 2. The minimum atomic E-state index is -0.578. The van der Waals surface area contributed by atoms with E-state index in [-0.39, 0.29) is 17.3 Å². The molecule has 0 unspecified atom stereocenters. The lowest BCUT2D eigenvalue weighted by molar-refractivity contribution is -0.383. The number of anilines is 3. The average molecular weight is 340 g/mol. The van der Waals surface area contributed by atoms with Crippen molar-refractivity contribution < 1.29 is 14.4 Å². The van der Waals surface area contributed by atoms with Gasteiger partial charge in [-0.3, -0.25) is 10.1 Å². The van der Waals surface area contributed by atoms with Gasteiger partial charge >= 0.3 is 5.69 Å². The van der Waals surface area contributed by atoms with Gasteiger partial charge in [-0.2, -0.15) is 0 Å². The molecular weight excluding hydrogens is 326 g/mol. The molecule has 23 heavy (non-hydrogen) atoms. The molecule has 0 fully saturated rings. The van der Waals surface area contributed by atoms with Crippen LogP contribution in [0, 0.1) is 10.1 Å². The van der Waals surface area contributed by atoms with Gasteiger partial charge < -0.3 is 20.1 Å². The largest absolute Gasteiger partial charge is 0.495 e. The van der Waals surface area contributed by atoms with Crippen molar-refractivity contribution in [3.63, 3.8) is 0 Å². The predicted molar refractivity (Wildman–Crippen MR) is 86.1 cm³/mol. The number of halogens is 1. The third-order valence-corrected chi connectivity index (χ3v) is 3.26. The molecule has 10 heteroatoms. The molecule has 1 heterocycles. The Kier molecular flexibility index (Phi) is 5.02. The molecule has 2 N–H and O–H groups in total. The minimum absolute atomic E-state index is 0.00823. The Morgan fingerprint density at radius 2 is 1.83 bits per heavy atom. The normalized spacial score (nSPS) is 10.1. The summed E-state index contributed by atoms with van der Waals surface area (Å²) >= 11 is 6.09. The summed E-state index contributed by atoms with van der Waals surface area (Å²) in [5.41, 5.74) is 0.117. The third-order valence-electron chi connectivity index (χ3n) is 2.97. The first-order valence-corrected chi connectivity index (χ1v) is 6.75.